The smallest absolute Gasteiger partial charge is 0.306 e. The minimum absolute atomic E-state index is 0.348. The van der Waals surface area contributed by atoms with Gasteiger partial charge in [0.05, 0.1) is 0 Å². The van der Waals surface area contributed by atoms with Gasteiger partial charge in [-0.3, -0.25) is 4.79 Å². The van der Waals surface area contributed by atoms with Crippen molar-refractivity contribution in [1.29, 1.82) is 0 Å². The summed E-state index contributed by atoms with van der Waals surface area (Å²) in [4.78, 5) is 10.7. The van der Waals surface area contributed by atoms with E-state index in [0.29, 0.717) is 19.3 Å². The zero-order chi connectivity index (χ0) is 9.19. The first-order valence-electron chi connectivity index (χ1n) is 4.05. The van der Waals surface area contributed by atoms with Gasteiger partial charge in [0.25, 0.3) is 0 Å². The molecule has 1 fully saturated rings. The fourth-order valence-corrected chi connectivity index (χ4v) is 1.32. The zero-order valence-electron chi connectivity index (χ0n) is 6.98. The Kier molecular flexibility index (Phi) is 2.65. The zero-order valence-corrected chi connectivity index (χ0v) is 6.98. The van der Waals surface area contributed by atoms with Gasteiger partial charge >= 0.3 is 5.97 Å². The summed E-state index contributed by atoms with van der Waals surface area (Å²) < 4.78 is 29.6. The van der Waals surface area contributed by atoms with Crippen LogP contribution in [0.3, 0.4) is 0 Å². The SMILES string of the molecule is CC(F)(F)CC1CCCC(=O)O1. The third kappa shape index (κ3) is 3.15. The molecule has 0 radical (unpaired) electrons. The molecule has 0 N–H and O–H groups in total. The highest BCUT2D eigenvalue weighted by atomic mass is 19.3. The van der Waals surface area contributed by atoms with Crippen LogP contribution in [0.4, 0.5) is 8.78 Å². The van der Waals surface area contributed by atoms with E-state index < -0.39 is 12.0 Å². The van der Waals surface area contributed by atoms with Crippen LogP contribution in [0.25, 0.3) is 0 Å². The Morgan fingerprint density at radius 1 is 1.67 bits per heavy atom. The fourth-order valence-electron chi connectivity index (χ4n) is 1.32. The number of cyclic esters (lactones) is 1. The number of hydrogen-bond acceptors (Lipinski definition) is 2. The van der Waals surface area contributed by atoms with Gasteiger partial charge in [-0.2, -0.15) is 0 Å². The lowest BCUT2D eigenvalue weighted by Crippen LogP contribution is -2.29. The average molecular weight is 178 g/mol. The summed E-state index contributed by atoms with van der Waals surface area (Å²) in [6, 6.07) is 0. The lowest BCUT2D eigenvalue weighted by molar-refractivity contribution is -0.158. The molecular weight excluding hydrogens is 166 g/mol. The molecule has 0 aliphatic carbocycles. The van der Waals surface area contributed by atoms with E-state index in [9.17, 15) is 13.6 Å². The van der Waals surface area contributed by atoms with E-state index in [1.807, 2.05) is 0 Å². The molecule has 1 saturated heterocycles. The number of carbonyl (C=O) groups excluding carboxylic acids is 1. The van der Waals surface area contributed by atoms with Crippen molar-refractivity contribution in [3.63, 3.8) is 0 Å². The standard InChI is InChI=1S/C8H12F2O2/c1-8(9,10)5-6-3-2-4-7(11)12-6/h6H,2-5H2,1H3. The van der Waals surface area contributed by atoms with Crippen LogP contribution in [0.1, 0.15) is 32.6 Å². The van der Waals surface area contributed by atoms with Gasteiger partial charge in [0, 0.05) is 12.8 Å². The molecule has 0 saturated carbocycles. The number of ether oxygens (including phenoxy) is 1. The summed E-state index contributed by atoms with van der Waals surface area (Å²) in [5.74, 6) is -3.09. The molecule has 0 aromatic rings. The fraction of sp³-hybridized carbons (Fsp3) is 0.875. The summed E-state index contributed by atoms with van der Waals surface area (Å²) in [5, 5.41) is 0. The second-order valence-corrected chi connectivity index (χ2v) is 3.28. The lowest BCUT2D eigenvalue weighted by atomic mass is 10.0. The van der Waals surface area contributed by atoms with E-state index in [4.69, 9.17) is 4.74 Å². The van der Waals surface area contributed by atoms with E-state index in [2.05, 4.69) is 0 Å². The van der Waals surface area contributed by atoms with E-state index in [0.717, 1.165) is 6.92 Å². The van der Waals surface area contributed by atoms with Crippen LogP contribution >= 0.6 is 0 Å². The molecule has 12 heavy (non-hydrogen) atoms. The maximum absolute atomic E-state index is 12.4. The van der Waals surface area contributed by atoms with Crippen molar-refractivity contribution < 1.29 is 18.3 Å². The molecule has 1 aliphatic rings. The highest BCUT2D eigenvalue weighted by molar-refractivity contribution is 5.70. The van der Waals surface area contributed by atoms with Gasteiger partial charge in [0.2, 0.25) is 5.92 Å². The van der Waals surface area contributed by atoms with E-state index >= 15 is 0 Å². The number of halogens is 2. The average Bonchev–Trinajstić information content (AvgIpc) is 1.82. The van der Waals surface area contributed by atoms with Crippen molar-refractivity contribution in [3.8, 4) is 0 Å². The molecule has 1 atom stereocenters. The third-order valence-corrected chi connectivity index (χ3v) is 1.79. The predicted octanol–water partition coefficient (Wildman–Crippen LogP) is 2.13. The Balaban J connectivity index is 2.37. The minimum Gasteiger partial charge on any atom is -0.462 e. The lowest BCUT2D eigenvalue weighted by Gasteiger charge is -2.24. The second kappa shape index (κ2) is 3.37. The predicted molar refractivity (Wildman–Crippen MR) is 39.0 cm³/mol. The monoisotopic (exact) mass is 178 g/mol. The summed E-state index contributed by atoms with van der Waals surface area (Å²) in [6.07, 6.45) is 0.672. The van der Waals surface area contributed by atoms with Crippen molar-refractivity contribution in [1.82, 2.24) is 0 Å². The Morgan fingerprint density at radius 2 is 2.33 bits per heavy atom. The number of alkyl halides is 2. The van der Waals surface area contributed by atoms with Crippen LogP contribution in [-0.4, -0.2) is 18.0 Å². The highest BCUT2D eigenvalue weighted by Gasteiger charge is 2.30. The van der Waals surface area contributed by atoms with Crippen molar-refractivity contribution in [2.24, 2.45) is 0 Å². The van der Waals surface area contributed by atoms with Gasteiger partial charge < -0.3 is 4.74 Å². The second-order valence-electron chi connectivity index (χ2n) is 3.28. The quantitative estimate of drug-likeness (QED) is 0.605. The molecule has 0 spiro atoms. The Hall–Kier alpha value is -0.670. The Bertz CT molecular complexity index is 174. The summed E-state index contributed by atoms with van der Waals surface area (Å²) in [5.41, 5.74) is 0. The summed E-state index contributed by atoms with van der Waals surface area (Å²) in [7, 11) is 0. The molecule has 70 valence electrons. The number of esters is 1. The van der Waals surface area contributed by atoms with E-state index in [1.165, 1.54) is 0 Å². The van der Waals surface area contributed by atoms with Crippen LogP contribution in [-0.2, 0) is 9.53 Å². The van der Waals surface area contributed by atoms with Gasteiger partial charge in [-0.15, -0.1) is 0 Å². The molecule has 0 amide bonds. The van der Waals surface area contributed by atoms with Crippen molar-refractivity contribution >= 4 is 5.97 Å². The first-order chi connectivity index (χ1) is 5.47. The molecule has 0 bridgehead atoms. The van der Waals surface area contributed by atoms with Crippen LogP contribution in [0.15, 0.2) is 0 Å². The largest absolute Gasteiger partial charge is 0.462 e. The van der Waals surface area contributed by atoms with Crippen molar-refractivity contribution in [3.05, 3.63) is 0 Å². The summed E-state index contributed by atoms with van der Waals surface area (Å²) in [6.45, 7) is 0.843. The maximum Gasteiger partial charge on any atom is 0.306 e. The van der Waals surface area contributed by atoms with E-state index in [1.54, 1.807) is 0 Å². The first-order valence-corrected chi connectivity index (χ1v) is 4.05. The molecular formula is C8H12F2O2. The minimum atomic E-state index is -2.73. The number of rotatable bonds is 2. The topological polar surface area (TPSA) is 26.3 Å². The van der Waals surface area contributed by atoms with Crippen LogP contribution in [0, 0.1) is 0 Å². The third-order valence-electron chi connectivity index (χ3n) is 1.79. The van der Waals surface area contributed by atoms with Crippen molar-refractivity contribution in [2.45, 2.75) is 44.6 Å². The molecule has 0 aromatic heterocycles. The molecule has 2 nitrogen and oxygen atoms in total. The highest BCUT2D eigenvalue weighted by Crippen LogP contribution is 2.26. The Morgan fingerprint density at radius 3 is 2.83 bits per heavy atom. The molecule has 1 aliphatic heterocycles. The van der Waals surface area contributed by atoms with Gasteiger partial charge in [-0.25, -0.2) is 8.78 Å². The molecule has 0 aromatic carbocycles. The van der Waals surface area contributed by atoms with Crippen LogP contribution in [0.2, 0.25) is 0 Å². The maximum atomic E-state index is 12.4. The van der Waals surface area contributed by atoms with Crippen molar-refractivity contribution in [2.75, 3.05) is 0 Å². The normalized spacial score (nSPS) is 25.2. The molecule has 1 unspecified atom stereocenters. The first kappa shape index (κ1) is 9.42. The van der Waals surface area contributed by atoms with E-state index in [-0.39, 0.29) is 12.4 Å². The number of hydrogen-bond donors (Lipinski definition) is 0. The van der Waals surface area contributed by atoms with Gasteiger partial charge in [-0.1, -0.05) is 0 Å². The molecule has 1 rings (SSSR count). The molecule has 4 heteroatoms. The van der Waals surface area contributed by atoms with Gasteiger partial charge in [-0.05, 0) is 19.8 Å². The molecule has 1 heterocycles. The van der Waals surface area contributed by atoms with Gasteiger partial charge in [0.1, 0.15) is 6.10 Å². The van der Waals surface area contributed by atoms with Gasteiger partial charge in [0.15, 0.2) is 0 Å². The van der Waals surface area contributed by atoms with Crippen LogP contribution < -0.4 is 0 Å². The Labute approximate surface area is 69.9 Å². The van der Waals surface area contributed by atoms with Crippen LogP contribution in [0.5, 0.6) is 0 Å². The number of carbonyl (C=O) groups is 1. The summed E-state index contributed by atoms with van der Waals surface area (Å²) >= 11 is 0.